The molecule has 2 aromatic rings. The third-order valence-corrected chi connectivity index (χ3v) is 8.38. The molecule has 6 heteroatoms. The quantitative estimate of drug-likeness (QED) is 0.489. The first-order valence-corrected chi connectivity index (χ1v) is 14.2. The lowest BCUT2D eigenvalue weighted by atomic mass is 9.71. The lowest BCUT2D eigenvalue weighted by molar-refractivity contribution is -0.0621. The van der Waals surface area contributed by atoms with Crippen LogP contribution in [0.5, 0.6) is 11.5 Å². The summed E-state index contributed by atoms with van der Waals surface area (Å²) in [5, 5.41) is 22.4. The topological polar surface area (TPSA) is 65.4 Å². The van der Waals surface area contributed by atoms with Crippen molar-refractivity contribution in [3.05, 3.63) is 59.7 Å². The van der Waals surface area contributed by atoms with Gasteiger partial charge >= 0.3 is 0 Å². The van der Waals surface area contributed by atoms with Gasteiger partial charge in [0.2, 0.25) is 0 Å². The molecule has 0 radical (unpaired) electrons. The van der Waals surface area contributed by atoms with Crippen molar-refractivity contribution in [1.29, 1.82) is 0 Å². The standard InChI is InChI=1S/2C16H25NO2/c2*1-17(2)12-14-7-4-5-10-16(14,18)13-8-6-9-15(11-13)19-3/h2*6,8-9,11,14,18H,4-5,7,10,12H2,1-3H3/t2*14-,16-/m10/s1. The normalized spacial score (nSPS) is 27.5. The summed E-state index contributed by atoms with van der Waals surface area (Å²) in [6.07, 6.45) is 8.49. The van der Waals surface area contributed by atoms with Crippen LogP contribution in [0.25, 0.3) is 0 Å². The monoisotopic (exact) mass is 526 g/mol. The largest absolute Gasteiger partial charge is 0.497 e. The predicted octanol–water partition coefficient (Wildman–Crippen LogP) is 5.27. The lowest BCUT2D eigenvalue weighted by Gasteiger charge is -2.41. The molecule has 0 amide bonds. The Morgan fingerprint density at radius 3 is 1.42 bits per heavy atom. The number of nitrogens with zero attached hydrogens (tertiary/aromatic N) is 2. The molecule has 0 heterocycles. The zero-order chi connectivity index (χ0) is 27.8. The van der Waals surface area contributed by atoms with E-state index in [1.807, 2.05) is 48.5 Å². The van der Waals surface area contributed by atoms with Crippen LogP contribution in [-0.2, 0) is 11.2 Å². The fourth-order valence-electron chi connectivity index (χ4n) is 6.37. The molecule has 0 bridgehead atoms. The van der Waals surface area contributed by atoms with Crippen LogP contribution in [0.2, 0.25) is 0 Å². The summed E-state index contributed by atoms with van der Waals surface area (Å²) in [7, 11) is 11.6. The van der Waals surface area contributed by atoms with E-state index in [2.05, 4.69) is 38.0 Å². The van der Waals surface area contributed by atoms with E-state index < -0.39 is 11.2 Å². The Morgan fingerprint density at radius 1 is 0.684 bits per heavy atom. The van der Waals surface area contributed by atoms with Gasteiger partial charge < -0.3 is 29.5 Å². The molecular weight excluding hydrogens is 476 g/mol. The third kappa shape index (κ3) is 7.50. The van der Waals surface area contributed by atoms with Crippen LogP contribution in [0.15, 0.2) is 48.5 Å². The molecule has 2 N–H and O–H groups in total. The SMILES string of the molecule is COc1cccc([C@@]2(O)CCCC[C@H]2CN(C)C)c1.COc1cccc([C@]2(O)CCCC[C@@H]2CN(C)C)c1. The minimum absolute atomic E-state index is 0.295. The van der Waals surface area contributed by atoms with Gasteiger partial charge in [0.15, 0.2) is 0 Å². The summed E-state index contributed by atoms with van der Waals surface area (Å²) in [6.45, 7) is 1.85. The summed E-state index contributed by atoms with van der Waals surface area (Å²) >= 11 is 0. The summed E-state index contributed by atoms with van der Waals surface area (Å²) < 4.78 is 10.6. The highest BCUT2D eigenvalue weighted by atomic mass is 16.5. The van der Waals surface area contributed by atoms with Crippen molar-refractivity contribution in [3.63, 3.8) is 0 Å². The lowest BCUT2D eigenvalue weighted by Crippen LogP contribution is -2.43. The Morgan fingerprint density at radius 2 is 1.08 bits per heavy atom. The Bertz CT molecular complexity index is 917. The molecule has 212 valence electrons. The first-order valence-electron chi connectivity index (χ1n) is 14.2. The molecule has 0 saturated heterocycles. The van der Waals surface area contributed by atoms with E-state index in [0.717, 1.165) is 74.2 Å². The number of rotatable bonds is 8. The second-order valence-corrected chi connectivity index (χ2v) is 11.7. The van der Waals surface area contributed by atoms with Gasteiger partial charge in [-0.05, 0) is 89.3 Å². The maximum Gasteiger partial charge on any atom is 0.119 e. The van der Waals surface area contributed by atoms with Crippen molar-refractivity contribution in [3.8, 4) is 11.5 Å². The van der Waals surface area contributed by atoms with E-state index in [4.69, 9.17) is 9.47 Å². The summed E-state index contributed by atoms with van der Waals surface area (Å²) in [6, 6.07) is 15.8. The molecule has 2 aliphatic rings. The summed E-state index contributed by atoms with van der Waals surface area (Å²) in [5.74, 6) is 2.23. The number of aliphatic hydroxyl groups is 2. The third-order valence-electron chi connectivity index (χ3n) is 8.38. The van der Waals surface area contributed by atoms with Crippen LogP contribution in [0.3, 0.4) is 0 Å². The second kappa shape index (κ2) is 13.8. The first-order chi connectivity index (χ1) is 18.1. The van der Waals surface area contributed by atoms with Gasteiger partial charge in [-0.25, -0.2) is 0 Å². The molecule has 2 fully saturated rings. The zero-order valence-electron chi connectivity index (χ0n) is 24.4. The van der Waals surface area contributed by atoms with Crippen molar-refractivity contribution >= 4 is 0 Å². The minimum Gasteiger partial charge on any atom is -0.497 e. The van der Waals surface area contributed by atoms with Crippen LogP contribution in [0, 0.1) is 11.8 Å². The van der Waals surface area contributed by atoms with Gasteiger partial charge in [-0.2, -0.15) is 0 Å². The molecule has 0 aliphatic heterocycles. The van der Waals surface area contributed by atoms with Crippen molar-refractivity contribution in [2.45, 2.75) is 62.6 Å². The van der Waals surface area contributed by atoms with Gasteiger partial charge in [0.05, 0.1) is 25.4 Å². The highest BCUT2D eigenvalue weighted by molar-refractivity contribution is 5.34. The van der Waals surface area contributed by atoms with E-state index in [-0.39, 0.29) is 0 Å². The van der Waals surface area contributed by atoms with Gasteiger partial charge in [-0.1, -0.05) is 49.9 Å². The molecule has 6 nitrogen and oxygen atoms in total. The molecule has 4 rings (SSSR count). The Labute approximate surface area is 230 Å². The fourth-order valence-corrected chi connectivity index (χ4v) is 6.37. The van der Waals surface area contributed by atoms with Crippen molar-refractivity contribution < 1.29 is 19.7 Å². The maximum atomic E-state index is 11.2. The fraction of sp³-hybridized carbons (Fsp3) is 0.625. The zero-order valence-corrected chi connectivity index (χ0v) is 24.4. The molecule has 2 aliphatic carbocycles. The van der Waals surface area contributed by atoms with Crippen molar-refractivity contribution in [1.82, 2.24) is 9.80 Å². The van der Waals surface area contributed by atoms with Gasteiger partial charge in [0.1, 0.15) is 11.5 Å². The van der Waals surface area contributed by atoms with Crippen LogP contribution in [-0.4, -0.2) is 75.5 Å². The number of ether oxygens (including phenoxy) is 2. The highest BCUT2D eigenvalue weighted by Gasteiger charge is 2.41. The first kappa shape index (κ1) is 30.4. The smallest absolute Gasteiger partial charge is 0.119 e. The van der Waals surface area contributed by atoms with E-state index in [0.29, 0.717) is 11.8 Å². The second-order valence-electron chi connectivity index (χ2n) is 11.7. The number of methoxy groups -OCH3 is 2. The van der Waals surface area contributed by atoms with Crippen molar-refractivity contribution in [2.75, 3.05) is 55.5 Å². The molecule has 0 spiro atoms. The Kier molecular flexibility index (Phi) is 11.0. The Hall–Kier alpha value is -2.12. The molecular formula is C32H50N2O4. The van der Waals surface area contributed by atoms with E-state index in [1.165, 1.54) is 12.8 Å². The van der Waals surface area contributed by atoms with E-state index >= 15 is 0 Å². The highest BCUT2D eigenvalue weighted by Crippen LogP contribution is 2.44. The molecule has 4 atom stereocenters. The average Bonchev–Trinajstić information content (AvgIpc) is 2.91. The average molecular weight is 527 g/mol. The van der Waals surface area contributed by atoms with Gasteiger partial charge in [-0.3, -0.25) is 0 Å². The van der Waals surface area contributed by atoms with Crippen LogP contribution in [0.4, 0.5) is 0 Å². The maximum absolute atomic E-state index is 11.2. The number of benzene rings is 2. The molecule has 0 aromatic heterocycles. The number of hydrogen-bond donors (Lipinski definition) is 2. The Balaban J connectivity index is 0.000000211. The van der Waals surface area contributed by atoms with Gasteiger partial charge in [0.25, 0.3) is 0 Å². The van der Waals surface area contributed by atoms with Crippen LogP contribution in [0.1, 0.15) is 62.5 Å². The molecule has 2 saturated carbocycles. The van der Waals surface area contributed by atoms with Gasteiger partial charge in [-0.15, -0.1) is 0 Å². The van der Waals surface area contributed by atoms with Crippen molar-refractivity contribution in [2.24, 2.45) is 11.8 Å². The predicted molar refractivity (Wildman–Crippen MR) is 155 cm³/mol. The molecule has 0 unspecified atom stereocenters. The van der Waals surface area contributed by atoms with Crippen LogP contribution < -0.4 is 9.47 Å². The minimum atomic E-state index is -0.711. The number of hydrogen-bond acceptors (Lipinski definition) is 6. The van der Waals surface area contributed by atoms with E-state index in [1.54, 1.807) is 14.2 Å². The van der Waals surface area contributed by atoms with E-state index in [9.17, 15) is 10.2 Å². The van der Waals surface area contributed by atoms with Crippen LogP contribution >= 0.6 is 0 Å². The van der Waals surface area contributed by atoms with Gasteiger partial charge in [0, 0.05) is 24.9 Å². The molecule has 38 heavy (non-hydrogen) atoms. The summed E-state index contributed by atoms with van der Waals surface area (Å²) in [4.78, 5) is 4.34. The molecule has 2 aromatic carbocycles. The summed E-state index contributed by atoms with van der Waals surface area (Å²) in [5.41, 5.74) is 0.575.